The van der Waals surface area contributed by atoms with E-state index in [9.17, 15) is 4.79 Å². The predicted octanol–water partition coefficient (Wildman–Crippen LogP) is 1.08. The topological polar surface area (TPSA) is 62.1 Å². The van der Waals surface area contributed by atoms with Gasteiger partial charge in [0.2, 0.25) is 5.91 Å². The van der Waals surface area contributed by atoms with Gasteiger partial charge in [-0.3, -0.25) is 4.79 Å². The van der Waals surface area contributed by atoms with Gasteiger partial charge in [0.1, 0.15) is 0 Å². The summed E-state index contributed by atoms with van der Waals surface area (Å²) in [6.45, 7) is 5.38. The summed E-state index contributed by atoms with van der Waals surface area (Å²) >= 11 is 0. The first-order valence-electron chi connectivity index (χ1n) is 5.32. The van der Waals surface area contributed by atoms with Crippen LogP contribution in [0.25, 0.3) is 0 Å². The van der Waals surface area contributed by atoms with Crippen LogP contribution in [0, 0.1) is 22.7 Å². The van der Waals surface area contributed by atoms with Gasteiger partial charge in [-0.25, -0.2) is 0 Å². The molecule has 1 saturated heterocycles. The number of nitriles is 1. The van der Waals surface area contributed by atoms with Crippen LogP contribution in [-0.4, -0.2) is 25.7 Å². The number of nitrogens with one attached hydrogen (secondary N) is 1. The molecule has 0 spiro atoms. The molecule has 0 bridgehead atoms. The standard InChI is InChI=1S/C11H18N2O2/c1-11(2,7-12)8-13-10(14)9-3-5-15-6-4-9/h9H,3-6,8H2,1-2H3,(H,13,14). The molecule has 4 nitrogen and oxygen atoms in total. The van der Waals surface area contributed by atoms with Crippen molar-refractivity contribution in [2.75, 3.05) is 19.8 Å². The van der Waals surface area contributed by atoms with Gasteiger partial charge < -0.3 is 10.1 Å². The molecule has 0 aromatic carbocycles. The summed E-state index contributed by atoms with van der Waals surface area (Å²) in [5, 5.41) is 11.6. The van der Waals surface area contributed by atoms with Gasteiger partial charge in [-0.15, -0.1) is 0 Å². The number of carbonyl (C=O) groups excluding carboxylic acids is 1. The van der Waals surface area contributed by atoms with Crippen LogP contribution in [0.1, 0.15) is 26.7 Å². The Kier molecular flexibility index (Phi) is 4.10. The lowest BCUT2D eigenvalue weighted by Crippen LogP contribution is -2.39. The smallest absolute Gasteiger partial charge is 0.223 e. The number of hydrogen-bond acceptors (Lipinski definition) is 3. The van der Waals surface area contributed by atoms with Gasteiger partial charge in [0.15, 0.2) is 0 Å². The SMILES string of the molecule is CC(C)(C#N)CNC(=O)C1CCOCC1. The van der Waals surface area contributed by atoms with E-state index >= 15 is 0 Å². The molecule has 0 aliphatic carbocycles. The van der Waals surface area contributed by atoms with Gasteiger partial charge in [0.25, 0.3) is 0 Å². The Labute approximate surface area is 90.6 Å². The third kappa shape index (κ3) is 3.88. The van der Waals surface area contributed by atoms with E-state index < -0.39 is 5.41 Å². The first-order chi connectivity index (χ1) is 7.05. The highest BCUT2D eigenvalue weighted by molar-refractivity contribution is 5.78. The molecule has 0 atom stereocenters. The molecule has 1 aliphatic heterocycles. The van der Waals surface area contributed by atoms with E-state index in [2.05, 4.69) is 11.4 Å². The van der Waals surface area contributed by atoms with Crippen molar-refractivity contribution in [3.8, 4) is 6.07 Å². The van der Waals surface area contributed by atoms with E-state index in [0.29, 0.717) is 19.8 Å². The van der Waals surface area contributed by atoms with Crippen LogP contribution in [0.3, 0.4) is 0 Å². The summed E-state index contributed by atoms with van der Waals surface area (Å²) in [5.41, 5.74) is -0.485. The van der Waals surface area contributed by atoms with Crippen molar-refractivity contribution in [1.82, 2.24) is 5.32 Å². The molecular formula is C11H18N2O2. The zero-order valence-corrected chi connectivity index (χ0v) is 9.38. The Morgan fingerprint density at radius 1 is 1.53 bits per heavy atom. The molecule has 0 radical (unpaired) electrons. The zero-order valence-electron chi connectivity index (χ0n) is 9.38. The number of nitrogens with zero attached hydrogens (tertiary/aromatic N) is 1. The normalized spacial score (nSPS) is 18.2. The molecule has 0 saturated carbocycles. The molecule has 84 valence electrons. The van der Waals surface area contributed by atoms with Crippen LogP contribution in [0.5, 0.6) is 0 Å². The van der Waals surface area contributed by atoms with E-state index in [-0.39, 0.29) is 11.8 Å². The summed E-state index contributed by atoms with van der Waals surface area (Å²) in [7, 11) is 0. The van der Waals surface area contributed by atoms with Crippen LogP contribution in [0.15, 0.2) is 0 Å². The van der Waals surface area contributed by atoms with Gasteiger partial charge in [0.05, 0.1) is 11.5 Å². The van der Waals surface area contributed by atoms with E-state index in [1.54, 1.807) is 0 Å². The Hall–Kier alpha value is -1.08. The minimum Gasteiger partial charge on any atom is -0.381 e. The van der Waals surface area contributed by atoms with Gasteiger partial charge in [-0.05, 0) is 26.7 Å². The molecule has 1 heterocycles. The van der Waals surface area contributed by atoms with E-state index in [1.807, 2.05) is 13.8 Å². The summed E-state index contributed by atoms with van der Waals surface area (Å²) in [4.78, 5) is 11.7. The Morgan fingerprint density at radius 3 is 2.67 bits per heavy atom. The summed E-state index contributed by atoms with van der Waals surface area (Å²) in [6.07, 6.45) is 1.58. The number of hydrogen-bond donors (Lipinski definition) is 1. The van der Waals surface area contributed by atoms with Gasteiger partial charge in [-0.1, -0.05) is 0 Å². The highest BCUT2D eigenvalue weighted by Gasteiger charge is 2.24. The second-order valence-corrected chi connectivity index (χ2v) is 4.60. The number of amides is 1. The molecule has 0 aromatic heterocycles. The predicted molar refractivity (Wildman–Crippen MR) is 55.9 cm³/mol. The molecule has 0 unspecified atom stereocenters. The summed E-state index contributed by atoms with van der Waals surface area (Å²) < 4.78 is 5.18. The maximum absolute atomic E-state index is 11.7. The largest absolute Gasteiger partial charge is 0.381 e. The molecule has 0 aromatic rings. The number of ether oxygens (including phenoxy) is 1. The van der Waals surface area contributed by atoms with Crippen molar-refractivity contribution >= 4 is 5.91 Å². The van der Waals surface area contributed by atoms with Crippen molar-refractivity contribution < 1.29 is 9.53 Å². The second-order valence-electron chi connectivity index (χ2n) is 4.60. The van der Waals surface area contributed by atoms with Crippen LogP contribution < -0.4 is 5.32 Å². The first kappa shape index (κ1) is 12.0. The number of carbonyl (C=O) groups is 1. The van der Waals surface area contributed by atoms with Gasteiger partial charge in [0, 0.05) is 25.7 Å². The van der Waals surface area contributed by atoms with Crippen molar-refractivity contribution in [3.05, 3.63) is 0 Å². The number of rotatable bonds is 3. The van der Waals surface area contributed by atoms with Gasteiger partial charge in [-0.2, -0.15) is 5.26 Å². The fourth-order valence-electron chi connectivity index (χ4n) is 1.45. The van der Waals surface area contributed by atoms with E-state index in [4.69, 9.17) is 10.00 Å². The van der Waals surface area contributed by atoms with Crippen molar-refractivity contribution in [1.29, 1.82) is 5.26 Å². The molecule has 1 rings (SSSR count). The molecule has 1 N–H and O–H groups in total. The van der Waals surface area contributed by atoms with Gasteiger partial charge >= 0.3 is 0 Å². The third-order valence-corrected chi connectivity index (χ3v) is 2.60. The fourth-order valence-corrected chi connectivity index (χ4v) is 1.45. The summed E-state index contributed by atoms with van der Waals surface area (Å²) in [5.74, 6) is 0.120. The van der Waals surface area contributed by atoms with E-state index in [0.717, 1.165) is 12.8 Å². The van der Waals surface area contributed by atoms with Crippen molar-refractivity contribution in [2.45, 2.75) is 26.7 Å². The lowest BCUT2D eigenvalue weighted by Gasteiger charge is -2.23. The van der Waals surface area contributed by atoms with Crippen LogP contribution in [0.2, 0.25) is 0 Å². The molecule has 1 amide bonds. The average Bonchev–Trinajstić information content (AvgIpc) is 2.27. The zero-order chi connectivity index (χ0) is 11.3. The Bertz CT molecular complexity index is 262. The lowest BCUT2D eigenvalue weighted by atomic mass is 9.94. The highest BCUT2D eigenvalue weighted by Crippen LogP contribution is 2.16. The first-order valence-corrected chi connectivity index (χ1v) is 5.32. The highest BCUT2D eigenvalue weighted by atomic mass is 16.5. The third-order valence-electron chi connectivity index (χ3n) is 2.60. The van der Waals surface area contributed by atoms with Crippen molar-refractivity contribution in [3.63, 3.8) is 0 Å². The quantitative estimate of drug-likeness (QED) is 0.758. The summed E-state index contributed by atoms with van der Waals surface area (Å²) in [6, 6.07) is 2.16. The monoisotopic (exact) mass is 210 g/mol. The lowest BCUT2D eigenvalue weighted by molar-refractivity contribution is -0.128. The molecule has 1 aliphatic rings. The maximum atomic E-state index is 11.7. The Morgan fingerprint density at radius 2 is 2.13 bits per heavy atom. The van der Waals surface area contributed by atoms with Crippen LogP contribution in [0.4, 0.5) is 0 Å². The molecular weight excluding hydrogens is 192 g/mol. The minimum absolute atomic E-state index is 0.0571. The van der Waals surface area contributed by atoms with E-state index in [1.165, 1.54) is 0 Å². The maximum Gasteiger partial charge on any atom is 0.223 e. The minimum atomic E-state index is -0.485. The van der Waals surface area contributed by atoms with Crippen molar-refractivity contribution in [2.24, 2.45) is 11.3 Å². The van der Waals surface area contributed by atoms with Crippen LogP contribution >= 0.6 is 0 Å². The Balaban J connectivity index is 2.32. The molecule has 1 fully saturated rings. The molecule has 4 heteroatoms. The fraction of sp³-hybridized carbons (Fsp3) is 0.818. The second kappa shape index (κ2) is 5.13. The average molecular weight is 210 g/mol. The molecule has 15 heavy (non-hydrogen) atoms. The van der Waals surface area contributed by atoms with Crippen LogP contribution in [-0.2, 0) is 9.53 Å².